The maximum atomic E-state index is 11.8. The van der Waals surface area contributed by atoms with Crippen molar-refractivity contribution < 1.29 is 19.1 Å². The van der Waals surface area contributed by atoms with Crippen LogP contribution in [0.5, 0.6) is 5.75 Å². The summed E-state index contributed by atoms with van der Waals surface area (Å²) >= 11 is 0. The van der Waals surface area contributed by atoms with Crippen LogP contribution >= 0.6 is 0 Å². The Morgan fingerprint density at radius 2 is 1.96 bits per heavy atom. The van der Waals surface area contributed by atoms with Crippen LogP contribution in [0, 0.1) is 11.3 Å². The molecule has 1 amide bonds. The minimum Gasteiger partial charge on any atom is -0.497 e. The fourth-order valence-corrected chi connectivity index (χ4v) is 1.96. The normalized spacial score (nSPS) is 9.67. The summed E-state index contributed by atoms with van der Waals surface area (Å²) in [5.74, 6) is -0.364. The second kappa shape index (κ2) is 8.34. The Labute approximate surface area is 139 Å². The lowest BCUT2D eigenvalue weighted by atomic mass is 10.1. The lowest BCUT2D eigenvalue weighted by Crippen LogP contribution is -2.28. The molecule has 1 N–H and O–H groups in total. The van der Waals surface area contributed by atoms with Crippen LogP contribution in [0.1, 0.15) is 21.5 Å². The number of hydrogen-bond acceptors (Lipinski definition) is 5. The van der Waals surface area contributed by atoms with E-state index in [9.17, 15) is 9.59 Å². The van der Waals surface area contributed by atoms with Gasteiger partial charge in [0, 0.05) is 6.54 Å². The molecular weight excluding hydrogens is 308 g/mol. The van der Waals surface area contributed by atoms with Gasteiger partial charge in [0.25, 0.3) is 5.91 Å². The zero-order valence-electron chi connectivity index (χ0n) is 13.1. The standard InChI is InChI=1S/C18H16N2O4/c1-23-16-7-3-5-14(9-16)11-20-17(21)12-24-18(22)15-6-2-4-13(8-15)10-19/h2-9H,11-12H2,1H3,(H,20,21). The fraction of sp³-hybridized carbons (Fsp3) is 0.167. The molecule has 0 saturated carbocycles. The zero-order valence-corrected chi connectivity index (χ0v) is 13.1. The van der Waals surface area contributed by atoms with Crippen molar-refractivity contribution >= 4 is 11.9 Å². The summed E-state index contributed by atoms with van der Waals surface area (Å²) in [6, 6.07) is 15.3. The monoisotopic (exact) mass is 324 g/mol. The van der Waals surface area contributed by atoms with Gasteiger partial charge in [-0.3, -0.25) is 4.79 Å². The molecular formula is C18H16N2O4. The maximum Gasteiger partial charge on any atom is 0.338 e. The van der Waals surface area contributed by atoms with Crippen LogP contribution in [-0.4, -0.2) is 25.6 Å². The molecule has 122 valence electrons. The first-order valence-electron chi connectivity index (χ1n) is 7.19. The summed E-state index contributed by atoms with van der Waals surface area (Å²) in [4.78, 5) is 23.6. The van der Waals surface area contributed by atoms with Gasteiger partial charge in [-0.05, 0) is 35.9 Å². The second-order valence-electron chi connectivity index (χ2n) is 4.90. The average molecular weight is 324 g/mol. The first-order valence-corrected chi connectivity index (χ1v) is 7.19. The molecule has 0 heterocycles. The van der Waals surface area contributed by atoms with Crippen molar-refractivity contribution in [1.82, 2.24) is 5.32 Å². The van der Waals surface area contributed by atoms with Gasteiger partial charge in [0.15, 0.2) is 6.61 Å². The molecule has 6 nitrogen and oxygen atoms in total. The smallest absolute Gasteiger partial charge is 0.338 e. The minimum absolute atomic E-state index is 0.231. The highest BCUT2D eigenvalue weighted by atomic mass is 16.5. The summed E-state index contributed by atoms with van der Waals surface area (Å²) in [6.45, 7) is -0.0862. The van der Waals surface area contributed by atoms with E-state index in [1.165, 1.54) is 12.1 Å². The highest BCUT2D eigenvalue weighted by molar-refractivity contribution is 5.91. The van der Waals surface area contributed by atoms with Crippen LogP contribution < -0.4 is 10.1 Å². The third-order valence-corrected chi connectivity index (χ3v) is 3.19. The molecule has 0 spiro atoms. The Bertz CT molecular complexity index is 781. The molecule has 0 aliphatic heterocycles. The summed E-state index contributed by atoms with van der Waals surface area (Å²) in [5.41, 5.74) is 1.46. The van der Waals surface area contributed by atoms with E-state index in [-0.39, 0.29) is 12.2 Å². The molecule has 0 aliphatic carbocycles. The number of nitrogens with one attached hydrogen (secondary N) is 1. The molecule has 0 unspecified atom stereocenters. The van der Waals surface area contributed by atoms with Crippen molar-refractivity contribution in [2.24, 2.45) is 0 Å². The van der Waals surface area contributed by atoms with Crippen molar-refractivity contribution in [2.75, 3.05) is 13.7 Å². The van der Waals surface area contributed by atoms with Gasteiger partial charge in [0.1, 0.15) is 5.75 Å². The molecule has 0 saturated heterocycles. The highest BCUT2D eigenvalue weighted by Crippen LogP contribution is 2.12. The molecule has 0 fully saturated rings. The van der Waals surface area contributed by atoms with Crippen LogP contribution in [-0.2, 0) is 16.1 Å². The summed E-state index contributed by atoms with van der Waals surface area (Å²) in [7, 11) is 1.57. The largest absolute Gasteiger partial charge is 0.497 e. The number of carbonyl (C=O) groups excluding carboxylic acids is 2. The van der Waals surface area contributed by atoms with Crippen molar-refractivity contribution in [3.05, 3.63) is 65.2 Å². The highest BCUT2D eigenvalue weighted by Gasteiger charge is 2.10. The zero-order chi connectivity index (χ0) is 17.4. The molecule has 2 aromatic carbocycles. The fourth-order valence-electron chi connectivity index (χ4n) is 1.96. The van der Waals surface area contributed by atoms with Crippen molar-refractivity contribution in [3.63, 3.8) is 0 Å². The van der Waals surface area contributed by atoms with E-state index < -0.39 is 11.9 Å². The van der Waals surface area contributed by atoms with E-state index in [0.717, 1.165) is 5.56 Å². The molecule has 2 rings (SSSR count). The van der Waals surface area contributed by atoms with Crippen molar-refractivity contribution in [1.29, 1.82) is 5.26 Å². The third-order valence-electron chi connectivity index (χ3n) is 3.19. The lowest BCUT2D eigenvalue weighted by Gasteiger charge is -2.08. The van der Waals surface area contributed by atoms with E-state index in [1.54, 1.807) is 25.3 Å². The van der Waals surface area contributed by atoms with E-state index in [1.807, 2.05) is 24.3 Å². The average Bonchev–Trinajstić information content (AvgIpc) is 2.64. The van der Waals surface area contributed by atoms with E-state index >= 15 is 0 Å². The molecule has 6 heteroatoms. The number of rotatable bonds is 6. The number of carbonyl (C=O) groups is 2. The first-order chi connectivity index (χ1) is 11.6. The van der Waals surface area contributed by atoms with Gasteiger partial charge >= 0.3 is 5.97 Å². The van der Waals surface area contributed by atoms with E-state index in [2.05, 4.69) is 5.32 Å². The Morgan fingerprint density at radius 1 is 1.17 bits per heavy atom. The molecule has 24 heavy (non-hydrogen) atoms. The molecule has 2 aromatic rings. The summed E-state index contributed by atoms with van der Waals surface area (Å²) in [6.07, 6.45) is 0. The number of amides is 1. The van der Waals surface area contributed by atoms with Crippen LogP contribution in [0.4, 0.5) is 0 Å². The van der Waals surface area contributed by atoms with Gasteiger partial charge in [0.2, 0.25) is 0 Å². The maximum absolute atomic E-state index is 11.8. The number of nitrogens with zero attached hydrogens (tertiary/aromatic N) is 1. The number of methoxy groups -OCH3 is 1. The Morgan fingerprint density at radius 3 is 2.71 bits per heavy atom. The van der Waals surface area contributed by atoms with Gasteiger partial charge in [-0.1, -0.05) is 18.2 Å². The van der Waals surface area contributed by atoms with E-state index in [0.29, 0.717) is 17.9 Å². The van der Waals surface area contributed by atoms with Crippen molar-refractivity contribution in [2.45, 2.75) is 6.54 Å². The Kier molecular flexibility index (Phi) is 5.92. The lowest BCUT2D eigenvalue weighted by molar-refractivity contribution is -0.124. The summed E-state index contributed by atoms with van der Waals surface area (Å²) in [5, 5.41) is 11.5. The Hall–Kier alpha value is -3.33. The second-order valence-corrected chi connectivity index (χ2v) is 4.90. The summed E-state index contributed by atoms with van der Waals surface area (Å²) < 4.78 is 10.0. The van der Waals surface area contributed by atoms with Gasteiger partial charge in [-0.25, -0.2) is 4.79 Å². The number of hydrogen-bond donors (Lipinski definition) is 1. The van der Waals surface area contributed by atoms with Gasteiger partial charge < -0.3 is 14.8 Å². The third kappa shape index (κ3) is 4.85. The predicted octanol–water partition coefficient (Wildman–Crippen LogP) is 2.04. The number of esters is 1. The quantitative estimate of drug-likeness (QED) is 0.822. The van der Waals surface area contributed by atoms with Crippen molar-refractivity contribution in [3.8, 4) is 11.8 Å². The van der Waals surface area contributed by atoms with Gasteiger partial charge in [0.05, 0.1) is 24.3 Å². The van der Waals surface area contributed by atoms with Crippen LogP contribution in [0.25, 0.3) is 0 Å². The van der Waals surface area contributed by atoms with Gasteiger partial charge in [-0.2, -0.15) is 5.26 Å². The molecule has 0 radical (unpaired) electrons. The predicted molar refractivity (Wildman–Crippen MR) is 86.3 cm³/mol. The van der Waals surface area contributed by atoms with Crippen LogP contribution in [0.3, 0.4) is 0 Å². The van der Waals surface area contributed by atoms with Crippen LogP contribution in [0.15, 0.2) is 48.5 Å². The molecule has 0 aromatic heterocycles. The Balaban J connectivity index is 1.82. The molecule has 0 aliphatic rings. The minimum atomic E-state index is -0.649. The topological polar surface area (TPSA) is 88.4 Å². The van der Waals surface area contributed by atoms with Crippen LogP contribution in [0.2, 0.25) is 0 Å². The first kappa shape index (κ1) is 17.0. The van der Waals surface area contributed by atoms with E-state index in [4.69, 9.17) is 14.7 Å². The molecule has 0 bridgehead atoms. The molecule has 0 atom stereocenters. The number of nitriles is 1. The number of benzene rings is 2. The number of ether oxygens (including phenoxy) is 2. The van der Waals surface area contributed by atoms with Gasteiger partial charge in [-0.15, -0.1) is 0 Å². The SMILES string of the molecule is COc1cccc(CNC(=O)COC(=O)c2cccc(C#N)c2)c1.